The molecule has 4 heteroatoms. The van der Waals surface area contributed by atoms with Crippen molar-refractivity contribution in [3.8, 4) is 0 Å². The highest BCUT2D eigenvalue weighted by Gasteiger charge is 2.16. The molecule has 0 atom stereocenters. The molecule has 3 nitrogen and oxygen atoms in total. The smallest absolute Gasteiger partial charge is 0.337 e. The average Bonchev–Trinajstić information content (AvgIpc) is 2.00. The quantitative estimate of drug-likeness (QED) is 0.816. The van der Waals surface area contributed by atoms with Gasteiger partial charge in [0, 0.05) is 18.8 Å². The minimum atomic E-state index is -0.981. The highest BCUT2D eigenvalue weighted by molar-refractivity contribution is 6.33. The summed E-state index contributed by atoms with van der Waals surface area (Å²) in [7, 11) is 0. The summed E-state index contributed by atoms with van der Waals surface area (Å²) in [5.74, 6) is -0.981. The molecular weight excluding hydrogens is 202 g/mol. The van der Waals surface area contributed by atoms with E-state index >= 15 is 0 Å². The topological polar surface area (TPSA) is 40.5 Å². The Bertz CT molecular complexity index is 374. The molecule has 14 heavy (non-hydrogen) atoms. The van der Waals surface area contributed by atoms with Crippen LogP contribution in [0.3, 0.4) is 0 Å². The minimum Gasteiger partial charge on any atom is -0.478 e. The van der Waals surface area contributed by atoms with E-state index in [1.807, 2.05) is 0 Å². The fourth-order valence-electron chi connectivity index (χ4n) is 1.45. The van der Waals surface area contributed by atoms with Crippen LogP contribution >= 0.6 is 11.6 Å². The summed E-state index contributed by atoms with van der Waals surface area (Å²) in [6.07, 6.45) is 1.19. The van der Waals surface area contributed by atoms with E-state index < -0.39 is 5.97 Å². The van der Waals surface area contributed by atoms with Crippen molar-refractivity contribution in [1.82, 2.24) is 0 Å². The van der Waals surface area contributed by atoms with Crippen LogP contribution in [0.15, 0.2) is 18.2 Å². The Kier molecular flexibility index (Phi) is 2.33. The summed E-state index contributed by atoms with van der Waals surface area (Å²) >= 11 is 5.84. The van der Waals surface area contributed by atoms with E-state index in [0.717, 1.165) is 18.8 Å². The van der Waals surface area contributed by atoms with Gasteiger partial charge in [0.2, 0.25) is 0 Å². The van der Waals surface area contributed by atoms with E-state index in [1.54, 1.807) is 18.2 Å². The largest absolute Gasteiger partial charge is 0.478 e. The Hall–Kier alpha value is -1.22. The standard InChI is InChI=1S/C10H10ClNO2/c11-9-6-7(12-4-1-5-12)2-3-8(9)10(13)14/h2-3,6H,1,4-5H2,(H,13,14). The molecule has 0 radical (unpaired) electrons. The second kappa shape index (κ2) is 3.50. The van der Waals surface area contributed by atoms with Crippen molar-refractivity contribution in [2.75, 3.05) is 18.0 Å². The van der Waals surface area contributed by atoms with E-state index in [4.69, 9.17) is 16.7 Å². The van der Waals surface area contributed by atoms with Crippen LogP contribution in [0, 0.1) is 0 Å². The van der Waals surface area contributed by atoms with Crippen molar-refractivity contribution in [1.29, 1.82) is 0 Å². The van der Waals surface area contributed by atoms with E-state index in [1.165, 1.54) is 6.42 Å². The van der Waals surface area contributed by atoms with Crippen molar-refractivity contribution in [3.05, 3.63) is 28.8 Å². The Morgan fingerprint density at radius 1 is 1.43 bits per heavy atom. The van der Waals surface area contributed by atoms with Crippen molar-refractivity contribution in [2.24, 2.45) is 0 Å². The lowest BCUT2D eigenvalue weighted by Gasteiger charge is -2.33. The Balaban J connectivity index is 2.30. The van der Waals surface area contributed by atoms with Gasteiger partial charge in [-0.05, 0) is 24.6 Å². The molecule has 1 aliphatic rings. The maximum absolute atomic E-state index is 10.7. The Labute approximate surface area is 86.9 Å². The van der Waals surface area contributed by atoms with Crippen molar-refractivity contribution in [2.45, 2.75) is 6.42 Å². The molecule has 2 rings (SSSR count). The molecule has 0 saturated carbocycles. The van der Waals surface area contributed by atoms with Gasteiger partial charge in [0.25, 0.3) is 0 Å². The third-order valence-corrected chi connectivity index (χ3v) is 2.72. The van der Waals surface area contributed by atoms with Gasteiger partial charge in [-0.1, -0.05) is 11.6 Å². The highest BCUT2D eigenvalue weighted by Crippen LogP contribution is 2.26. The maximum Gasteiger partial charge on any atom is 0.337 e. The highest BCUT2D eigenvalue weighted by atomic mass is 35.5. The molecular formula is C10H10ClNO2. The number of benzene rings is 1. The number of carboxylic acids is 1. The van der Waals surface area contributed by atoms with Gasteiger partial charge < -0.3 is 10.0 Å². The molecule has 1 heterocycles. The number of aromatic carboxylic acids is 1. The summed E-state index contributed by atoms with van der Waals surface area (Å²) in [5.41, 5.74) is 1.17. The SMILES string of the molecule is O=C(O)c1ccc(N2CCC2)cc1Cl. The summed E-state index contributed by atoms with van der Waals surface area (Å²) in [5, 5.41) is 9.08. The van der Waals surface area contributed by atoms with Crippen LogP contribution in [-0.4, -0.2) is 24.2 Å². The molecule has 1 aromatic rings. The summed E-state index contributed by atoms with van der Waals surface area (Å²) in [6.45, 7) is 2.06. The number of rotatable bonds is 2. The number of carboxylic acid groups (broad SMARTS) is 1. The van der Waals surface area contributed by atoms with E-state index in [2.05, 4.69) is 4.90 Å². The molecule has 0 aliphatic carbocycles. The van der Waals surface area contributed by atoms with Crippen LogP contribution in [0.5, 0.6) is 0 Å². The molecule has 1 aliphatic heterocycles. The first-order valence-electron chi connectivity index (χ1n) is 4.46. The predicted molar refractivity (Wildman–Crippen MR) is 55.2 cm³/mol. The van der Waals surface area contributed by atoms with Crippen LogP contribution in [-0.2, 0) is 0 Å². The lowest BCUT2D eigenvalue weighted by atomic mass is 10.1. The van der Waals surface area contributed by atoms with Crippen LogP contribution < -0.4 is 4.90 Å². The van der Waals surface area contributed by atoms with Crippen LogP contribution in [0.25, 0.3) is 0 Å². The van der Waals surface area contributed by atoms with Gasteiger partial charge >= 0.3 is 5.97 Å². The molecule has 0 bridgehead atoms. The second-order valence-electron chi connectivity index (χ2n) is 3.31. The zero-order chi connectivity index (χ0) is 10.1. The van der Waals surface area contributed by atoms with Crippen molar-refractivity contribution in [3.63, 3.8) is 0 Å². The number of hydrogen-bond donors (Lipinski definition) is 1. The summed E-state index contributed by atoms with van der Waals surface area (Å²) in [6, 6.07) is 5.07. The number of hydrogen-bond acceptors (Lipinski definition) is 2. The Morgan fingerprint density at radius 2 is 2.14 bits per heavy atom. The van der Waals surface area contributed by atoms with Gasteiger partial charge in [0.05, 0.1) is 10.6 Å². The molecule has 1 N–H and O–H groups in total. The average molecular weight is 212 g/mol. The molecule has 1 aromatic carbocycles. The molecule has 0 spiro atoms. The normalized spacial score (nSPS) is 15.1. The van der Waals surface area contributed by atoms with Gasteiger partial charge in [-0.3, -0.25) is 0 Å². The van der Waals surface area contributed by atoms with Gasteiger partial charge in [-0.2, -0.15) is 0 Å². The van der Waals surface area contributed by atoms with Crippen LogP contribution in [0.2, 0.25) is 5.02 Å². The van der Waals surface area contributed by atoms with Gasteiger partial charge in [0.15, 0.2) is 0 Å². The lowest BCUT2D eigenvalue weighted by molar-refractivity contribution is 0.0697. The molecule has 1 saturated heterocycles. The fourth-order valence-corrected chi connectivity index (χ4v) is 1.70. The number of anilines is 1. The molecule has 0 amide bonds. The third-order valence-electron chi connectivity index (χ3n) is 2.40. The first-order chi connectivity index (χ1) is 6.68. The zero-order valence-corrected chi connectivity index (χ0v) is 8.29. The van der Waals surface area contributed by atoms with Crippen LogP contribution in [0.1, 0.15) is 16.8 Å². The lowest BCUT2D eigenvalue weighted by Crippen LogP contribution is -2.36. The van der Waals surface area contributed by atoms with Gasteiger partial charge in [-0.15, -0.1) is 0 Å². The monoisotopic (exact) mass is 211 g/mol. The molecule has 0 unspecified atom stereocenters. The second-order valence-corrected chi connectivity index (χ2v) is 3.72. The van der Waals surface area contributed by atoms with E-state index in [0.29, 0.717) is 5.02 Å². The minimum absolute atomic E-state index is 0.163. The van der Waals surface area contributed by atoms with Crippen LogP contribution in [0.4, 0.5) is 5.69 Å². The maximum atomic E-state index is 10.7. The first kappa shape index (κ1) is 9.34. The van der Waals surface area contributed by atoms with Gasteiger partial charge in [0.1, 0.15) is 0 Å². The molecule has 74 valence electrons. The zero-order valence-electron chi connectivity index (χ0n) is 7.53. The summed E-state index contributed by atoms with van der Waals surface area (Å²) in [4.78, 5) is 12.9. The van der Waals surface area contributed by atoms with E-state index in [-0.39, 0.29) is 5.56 Å². The number of halogens is 1. The molecule has 0 aromatic heterocycles. The predicted octanol–water partition coefficient (Wildman–Crippen LogP) is 2.25. The summed E-state index contributed by atoms with van der Waals surface area (Å²) < 4.78 is 0. The Morgan fingerprint density at radius 3 is 2.57 bits per heavy atom. The van der Waals surface area contributed by atoms with Crippen molar-refractivity contribution >= 4 is 23.3 Å². The fraction of sp³-hybridized carbons (Fsp3) is 0.300. The van der Waals surface area contributed by atoms with E-state index in [9.17, 15) is 4.79 Å². The number of nitrogens with zero attached hydrogens (tertiary/aromatic N) is 1. The molecule has 1 fully saturated rings. The first-order valence-corrected chi connectivity index (χ1v) is 4.84. The third kappa shape index (κ3) is 1.55. The van der Waals surface area contributed by atoms with Gasteiger partial charge in [-0.25, -0.2) is 4.79 Å². The van der Waals surface area contributed by atoms with Crippen molar-refractivity contribution < 1.29 is 9.90 Å². The number of carbonyl (C=O) groups is 1.